The molecule has 0 radical (unpaired) electrons. The van der Waals surface area contributed by atoms with Gasteiger partial charge in [0.15, 0.2) is 17.3 Å². The number of hydrogen-bond acceptors (Lipinski definition) is 7. The van der Waals surface area contributed by atoms with E-state index < -0.39 is 11.7 Å². The zero-order valence-corrected chi connectivity index (χ0v) is 19.7. The second-order valence-electron chi connectivity index (χ2n) is 7.90. The molecular formula is C26H21FN6O3. The summed E-state index contributed by atoms with van der Waals surface area (Å²) in [6, 6.07) is 18.6. The van der Waals surface area contributed by atoms with Gasteiger partial charge in [-0.15, -0.1) is 5.10 Å². The largest absolute Gasteiger partial charge is 0.493 e. The molecule has 10 heteroatoms. The number of amides is 1. The summed E-state index contributed by atoms with van der Waals surface area (Å²) < 4.78 is 26.9. The number of fused-ring (bicyclic) bond motifs is 1. The molecule has 0 spiro atoms. The van der Waals surface area contributed by atoms with E-state index in [1.165, 1.54) is 22.9 Å². The number of aromatic nitrogens is 5. The summed E-state index contributed by atoms with van der Waals surface area (Å²) >= 11 is 0. The minimum absolute atomic E-state index is 0.000889. The van der Waals surface area contributed by atoms with Crippen LogP contribution in [0.5, 0.6) is 11.5 Å². The van der Waals surface area contributed by atoms with Crippen molar-refractivity contribution in [2.75, 3.05) is 19.5 Å². The summed E-state index contributed by atoms with van der Waals surface area (Å²) in [6.45, 7) is 1.72. The molecule has 180 valence electrons. The average Bonchev–Trinajstić information content (AvgIpc) is 3.34. The highest BCUT2D eigenvalue weighted by Gasteiger charge is 2.17. The molecule has 0 aliphatic heterocycles. The highest BCUT2D eigenvalue weighted by molar-refractivity contribution is 6.13. The summed E-state index contributed by atoms with van der Waals surface area (Å²) in [6.07, 6.45) is 0. The second kappa shape index (κ2) is 9.41. The molecular weight excluding hydrogens is 463 g/mol. The molecule has 3 aromatic carbocycles. The minimum atomic E-state index is -0.587. The monoisotopic (exact) mass is 484 g/mol. The molecule has 0 aliphatic carbocycles. The minimum Gasteiger partial charge on any atom is -0.493 e. The van der Waals surface area contributed by atoms with Crippen molar-refractivity contribution in [2.45, 2.75) is 6.92 Å². The number of nitrogens with one attached hydrogen (secondary N) is 1. The summed E-state index contributed by atoms with van der Waals surface area (Å²) in [5.41, 5.74) is 2.76. The Morgan fingerprint density at radius 2 is 1.78 bits per heavy atom. The smallest absolute Gasteiger partial charge is 0.256 e. The fourth-order valence-electron chi connectivity index (χ4n) is 3.91. The number of nitrogens with zero attached hydrogens (tertiary/aromatic N) is 5. The molecule has 0 saturated heterocycles. The van der Waals surface area contributed by atoms with E-state index in [0.717, 1.165) is 5.56 Å². The van der Waals surface area contributed by atoms with Crippen LogP contribution in [0.15, 0.2) is 66.7 Å². The Balaban J connectivity index is 1.57. The molecule has 1 amide bonds. The molecule has 0 aliphatic rings. The number of benzene rings is 3. The number of methoxy groups -OCH3 is 2. The molecule has 36 heavy (non-hydrogen) atoms. The van der Waals surface area contributed by atoms with Crippen LogP contribution in [-0.2, 0) is 0 Å². The first-order valence-electron chi connectivity index (χ1n) is 11.0. The van der Waals surface area contributed by atoms with Crippen molar-refractivity contribution in [3.8, 4) is 28.4 Å². The van der Waals surface area contributed by atoms with Gasteiger partial charge in [0, 0.05) is 10.9 Å². The SMILES string of the molecule is COc1ccc(-c2cc(C(=O)Nc3cc(-n4nnnc4C)ccc3F)c3ccccc3n2)cc1OC. The highest BCUT2D eigenvalue weighted by Crippen LogP contribution is 2.33. The quantitative estimate of drug-likeness (QED) is 0.376. The lowest BCUT2D eigenvalue weighted by Crippen LogP contribution is -2.15. The Bertz CT molecular complexity index is 1600. The van der Waals surface area contributed by atoms with Gasteiger partial charge in [0.1, 0.15) is 5.82 Å². The lowest BCUT2D eigenvalue weighted by Gasteiger charge is -2.13. The number of tetrazole rings is 1. The first-order valence-corrected chi connectivity index (χ1v) is 11.0. The number of ether oxygens (including phenoxy) is 2. The van der Waals surface area contributed by atoms with Crippen LogP contribution in [-0.4, -0.2) is 45.3 Å². The van der Waals surface area contributed by atoms with Gasteiger partial charge >= 0.3 is 0 Å². The van der Waals surface area contributed by atoms with Crippen molar-refractivity contribution < 1.29 is 18.7 Å². The molecule has 0 saturated carbocycles. The number of pyridine rings is 1. The number of rotatable bonds is 6. The van der Waals surface area contributed by atoms with Crippen LogP contribution in [0.2, 0.25) is 0 Å². The molecule has 0 unspecified atom stereocenters. The number of anilines is 1. The third kappa shape index (κ3) is 4.20. The molecule has 0 fully saturated rings. The van der Waals surface area contributed by atoms with Gasteiger partial charge in [-0.25, -0.2) is 9.37 Å². The number of aryl methyl sites for hydroxylation is 1. The van der Waals surface area contributed by atoms with Crippen LogP contribution in [0.1, 0.15) is 16.2 Å². The van der Waals surface area contributed by atoms with Crippen molar-refractivity contribution in [3.05, 3.63) is 83.9 Å². The van der Waals surface area contributed by atoms with E-state index in [0.29, 0.717) is 45.2 Å². The number of para-hydroxylation sites is 1. The maximum absolute atomic E-state index is 14.7. The lowest BCUT2D eigenvalue weighted by atomic mass is 10.0. The average molecular weight is 484 g/mol. The second-order valence-corrected chi connectivity index (χ2v) is 7.90. The van der Waals surface area contributed by atoms with Gasteiger partial charge in [0.05, 0.1) is 42.4 Å². The Hall–Kier alpha value is -4.86. The van der Waals surface area contributed by atoms with Crippen molar-refractivity contribution in [1.29, 1.82) is 0 Å². The van der Waals surface area contributed by atoms with Crippen LogP contribution in [0.3, 0.4) is 0 Å². The van der Waals surface area contributed by atoms with E-state index in [9.17, 15) is 9.18 Å². The molecule has 0 atom stereocenters. The number of carbonyl (C=O) groups excluding carboxylic acids is 1. The normalized spacial score (nSPS) is 10.9. The van der Waals surface area contributed by atoms with Crippen LogP contribution >= 0.6 is 0 Å². The van der Waals surface area contributed by atoms with Gasteiger partial charge in [-0.2, -0.15) is 4.68 Å². The van der Waals surface area contributed by atoms with Gasteiger partial charge in [0.2, 0.25) is 0 Å². The van der Waals surface area contributed by atoms with Crippen molar-refractivity contribution in [3.63, 3.8) is 0 Å². The maximum atomic E-state index is 14.7. The van der Waals surface area contributed by atoms with Gasteiger partial charge in [-0.1, -0.05) is 18.2 Å². The van der Waals surface area contributed by atoms with Crippen LogP contribution < -0.4 is 14.8 Å². The topological polar surface area (TPSA) is 104 Å². The van der Waals surface area contributed by atoms with Gasteiger partial charge < -0.3 is 14.8 Å². The molecule has 5 aromatic rings. The maximum Gasteiger partial charge on any atom is 0.256 e. The lowest BCUT2D eigenvalue weighted by molar-refractivity contribution is 0.102. The van der Waals surface area contributed by atoms with Gasteiger partial charge in [0.25, 0.3) is 5.91 Å². The van der Waals surface area contributed by atoms with Crippen LogP contribution in [0, 0.1) is 12.7 Å². The third-order valence-electron chi connectivity index (χ3n) is 5.71. The molecule has 2 heterocycles. The first-order chi connectivity index (χ1) is 17.5. The number of carbonyl (C=O) groups is 1. The standard InChI is InChI=1S/C26H21FN6O3/c1-15-30-31-32-33(15)17-9-10-20(27)23(13-17)29-26(34)19-14-22(28-21-7-5-4-6-18(19)21)16-8-11-24(35-2)25(12-16)36-3/h4-14H,1-3H3,(H,29,34). The fraction of sp³-hybridized carbons (Fsp3) is 0.115. The van der Waals surface area contributed by atoms with Crippen molar-refractivity contribution in [2.24, 2.45) is 0 Å². The Morgan fingerprint density at radius 3 is 2.53 bits per heavy atom. The number of halogens is 1. The Morgan fingerprint density at radius 1 is 0.972 bits per heavy atom. The predicted molar refractivity (Wildman–Crippen MR) is 132 cm³/mol. The fourth-order valence-corrected chi connectivity index (χ4v) is 3.91. The molecule has 9 nitrogen and oxygen atoms in total. The van der Waals surface area contributed by atoms with Crippen molar-refractivity contribution in [1.82, 2.24) is 25.2 Å². The molecule has 5 rings (SSSR count). The first kappa shape index (κ1) is 22.9. The van der Waals surface area contributed by atoms with Gasteiger partial charge in [-0.3, -0.25) is 4.79 Å². The summed E-state index contributed by atoms with van der Waals surface area (Å²) in [7, 11) is 3.11. The number of hydrogen-bond donors (Lipinski definition) is 1. The van der Waals surface area contributed by atoms with E-state index in [1.807, 2.05) is 24.3 Å². The third-order valence-corrected chi connectivity index (χ3v) is 5.71. The Kier molecular flexibility index (Phi) is 5.99. The predicted octanol–water partition coefficient (Wildman–Crippen LogP) is 4.59. The van der Waals surface area contributed by atoms with Crippen molar-refractivity contribution >= 4 is 22.5 Å². The summed E-state index contributed by atoms with van der Waals surface area (Å²) in [5.74, 6) is 0.565. The van der Waals surface area contributed by atoms with E-state index in [-0.39, 0.29) is 5.69 Å². The summed E-state index contributed by atoms with van der Waals surface area (Å²) in [4.78, 5) is 18.2. The van der Waals surface area contributed by atoms with E-state index in [1.54, 1.807) is 45.4 Å². The van der Waals surface area contributed by atoms with E-state index in [2.05, 4.69) is 20.8 Å². The molecule has 0 bridgehead atoms. The highest BCUT2D eigenvalue weighted by atomic mass is 19.1. The molecule has 1 N–H and O–H groups in total. The van der Waals surface area contributed by atoms with E-state index in [4.69, 9.17) is 14.5 Å². The summed E-state index contributed by atoms with van der Waals surface area (Å²) in [5, 5.41) is 14.7. The van der Waals surface area contributed by atoms with Gasteiger partial charge in [-0.05, 0) is 65.9 Å². The zero-order valence-electron chi connectivity index (χ0n) is 19.7. The zero-order chi connectivity index (χ0) is 25.2. The van der Waals surface area contributed by atoms with Crippen LogP contribution in [0.25, 0.3) is 27.8 Å². The molecule has 2 aromatic heterocycles. The van der Waals surface area contributed by atoms with Crippen LogP contribution in [0.4, 0.5) is 10.1 Å². The Labute approximate surface area is 205 Å². The van der Waals surface area contributed by atoms with E-state index >= 15 is 0 Å².